The Morgan fingerprint density at radius 3 is 3.00 bits per heavy atom. The summed E-state index contributed by atoms with van der Waals surface area (Å²) in [5.41, 5.74) is 0.956. The molecular formula is C10H12N2O2. The molecule has 0 spiro atoms. The number of H-pyrrole nitrogens is 1. The van der Waals surface area contributed by atoms with Crippen molar-refractivity contribution in [1.29, 1.82) is 0 Å². The zero-order chi connectivity index (χ0) is 10.2. The van der Waals surface area contributed by atoms with Crippen molar-refractivity contribution in [3.63, 3.8) is 0 Å². The lowest BCUT2D eigenvalue weighted by Gasteiger charge is -1.82. The highest BCUT2D eigenvalue weighted by atomic mass is 16.5. The number of nitrogens with one attached hydrogen (secondary N) is 1. The maximum absolute atomic E-state index is 9.18. The van der Waals surface area contributed by atoms with Crippen LogP contribution in [0.4, 0.5) is 0 Å². The first-order valence-corrected chi connectivity index (χ1v) is 4.32. The first-order valence-electron chi connectivity index (χ1n) is 4.32. The van der Waals surface area contributed by atoms with Crippen molar-refractivity contribution in [3.05, 3.63) is 30.6 Å². The fourth-order valence-electron chi connectivity index (χ4n) is 0.951. The highest BCUT2D eigenvalue weighted by Gasteiger charge is 1.88. The molecule has 0 unspecified atom stereocenters. The Hall–Kier alpha value is -1.84. The number of hydrogen-bond acceptors (Lipinski definition) is 3. The van der Waals surface area contributed by atoms with E-state index in [1.807, 2.05) is 24.4 Å². The van der Waals surface area contributed by atoms with E-state index >= 15 is 0 Å². The Labute approximate surface area is 81.9 Å². The largest absolute Gasteiger partial charge is 0.468 e. The van der Waals surface area contributed by atoms with Crippen molar-refractivity contribution in [1.82, 2.24) is 9.97 Å². The van der Waals surface area contributed by atoms with Gasteiger partial charge in [0.05, 0.1) is 6.61 Å². The van der Waals surface area contributed by atoms with Crippen molar-refractivity contribution in [2.45, 2.75) is 6.92 Å². The number of fused-ring (bicyclic) bond motifs is 1. The van der Waals surface area contributed by atoms with E-state index < -0.39 is 0 Å². The Kier molecular flexibility index (Phi) is 4.20. The molecule has 0 aliphatic rings. The molecule has 0 saturated heterocycles. The summed E-state index contributed by atoms with van der Waals surface area (Å²) in [6, 6.07) is 5.96. The van der Waals surface area contributed by atoms with Crippen LogP contribution in [0.1, 0.15) is 6.92 Å². The minimum absolute atomic E-state index is 0.431. The normalized spacial score (nSPS) is 8.93. The van der Waals surface area contributed by atoms with E-state index in [9.17, 15) is 4.79 Å². The minimum Gasteiger partial charge on any atom is -0.468 e. The van der Waals surface area contributed by atoms with Crippen molar-refractivity contribution in [3.8, 4) is 0 Å². The Morgan fingerprint density at radius 2 is 2.43 bits per heavy atom. The number of hydrogen-bond donors (Lipinski definition) is 1. The number of carbonyl (C=O) groups excluding carboxylic acids is 1. The molecule has 1 N–H and O–H groups in total. The van der Waals surface area contributed by atoms with Crippen LogP contribution in [0.5, 0.6) is 0 Å². The number of aromatic nitrogens is 2. The van der Waals surface area contributed by atoms with Gasteiger partial charge in [-0.25, -0.2) is 4.98 Å². The molecule has 0 aromatic carbocycles. The number of aromatic amines is 1. The number of nitrogens with zero attached hydrogens (tertiary/aromatic N) is 1. The van der Waals surface area contributed by atoms with Crippen LogP contribution in [-0.2, 0) is 9.53 Å². The molecule has 0 aliphatic heterocycles. The summed E-state index contributed by atoms with van der Waals surface area (Å²) in [6.45, 7) is 2.66. The van der Waals surface area contributed by atoms with E-state index in [0.717, 1.165) is 11.0 Å². The van der Waals surface area contributed by atoms with Crippen LogP contribution in [0.2, 0.25) is 0 Å². The highest BCUT2D eigenvalue weighted by Crippen LogP contribution is 2.05. The highest BCUT2D eigenvalue weighted by molar-refractivity contribution is 5.74. The first-order chi connectivity index (χ1) is 6.88. The van der Waals surface area contributed by atoms with Crippen LogP contribution in [-0.4, -0.2) is 23.0 Å². The van der Waals surface area contributed by atoms with Gasteiger partial charge in [0.1, 0.15) is 5.65 Å². The maximum atomic E-state index is 9.18. The SMILES string of the molecule is CCOC=O.c1cnc2[nH]ccc2c1. The number of carbonyl (C=O) groups is 1. The standard InChI is InChI=1S/C7H6N2.C3H6O2/c1-2-6-3-5-9-7(6)8-4-1;1-2-5-3-4/h1-5H,(H,8,9);3H,2H2,1H3. The molecule has 2 heterocycles. The molecule has 0 amide bonds. The van der Waals surface area contributed by atoms with Crippen LogP contribution in [0.25, 0.3) is 11.0 Å². The van der Waals surface area contributed by atoms with Gasteiger partial charge < -0.3 is 9.72 Å². The fraction of sp³-hybridized carbons (Fsp3) is 0.200. The molecule has 0 saturated carbocycles. The van der Waals surface area contributed by atoms with Gasteiger partial charge >= 0.3 is 0 Å². The zero-order valence-electron chi connectivity index (χ0n) is 7.93. The molecule has 0 bridgehead atoms. The van der Waals surface area contributed by atoms with E-state index in [-0.39, 0.29) is 0 Å². The van der Waals surface area contributed by atoms with Crippen LogP contribution in [0.15, 0.2) is 30.6 Å². The third-order valence-electron chi connectivity index (χ3n) is 1.56. The maximum Gasteiger partial charge on any atom is 0.293 e. The van der Waals surface area contributed by atoms with Gasteiger partial charge in [0.25, 0.3) is 6.47 Å². The van der Waals surface area contributed by atoms with Crippen molar-refractivity contribution in [2.24, 2.45) is 0 Å². The second-order valence-corrected chi connectivity index (χ2v) is 2.47. The van der Waals surface area contributed by atoms with Crippen LogP contribution in [0, 0.1) is 0 Å². The van der Waals surface area contributed by atoms with Crippen molar-refractivity contribution < 1.29 is 9.53 Å². The zero-order valence-corrected chi connectivity index (χ0v) is 7.93. The van der Waals surface area contributed by atoms with Crippen LogP contribution >= 0.6 is 0 Å². The number of pyridine rings is 1. The van der Waals surface area contributed by atoms with E-state index in [0.29, 0.717) is 13.1 Å². The van der Waals surface area contributed by atoms with Gasteiger partial charge in [-0.15, -0.1) is 0 Å². The van der Waals surface area contributed by atoms with Crippen molar-refractivity contribution in [2.75, 3.05) is 6.61 Å². The third-order valence-corrected chi connectivity index (χ3v) is 1.56. The lowest BCUT2D eigenvalue weighted by atomic mass is 10.3. The summed E-state index contributed by atoms with van der Waals surface area (Å²) in [4.78, 5) is 16.3. The van der Waals surface area contributed by atoms with Crippen LogP contribution in [0.3, 0.4) is 0 Å². The predicted octanol–water partition coefficient (Wildman–Crippen LogP) is 1.74. The first kappa shape index (κ1) is 10.2. The summed E-state index contributed by atoms with van der Waals surface area (Å²) in [7, 11) is 0. The lowest BCUT2D eigenvalue weighted by molar-refractivity contribution is -0.128. The molecular weight excluding hydrogens is 180 g/mol. The molecule has 0 radical (unpaired) electrons. The average Bonchev–Trinajstić information content (AvgIpc) is 2.67. The molecule has 74 valence electrons. The van der Waals surface area contributed by atoms with Gasteiger partial charge in [0.15, 0.2) is 0 Å². The fourth-order valence-corrected chi connectivity index (χ4v) is 0.951. The van der Waals surface area contributed by atoms with Crippen LogP contribution < -0.4 is 0 Å². The average molecular weight is 192 g/mol. The lowest BCUT2D eigenvalue weighted by Crippen LogP contribution is -1.80. The molecule has 0 atom stereocenters. The third kappa shape index (κ3) is 2.90. The van der Waals surface area contributed by atoms with E-state index in [4.69, 9.17) is 0 Å². The molecule has 4 nitrogen and oxygen atoms in total. The molecule has 2 rings (SSSR count). The Morgan fingerprint density at radius 1 is 1.57 bits per heavy atom. The molecule has 0 fully saturated rings. The van der Waals surface area contributed by atoms with E-state index in [1.54, 1.807) is 13.1 Å². The Balaban J connectivity index is 0.000000171. The molecule has 2 aromatic rings. The molecule has 2 aromatic heterocycles. The van der Waals surface area contributed by atoms with E-state index in [1.165, 1.54) is 0 Å². The molecule has 14 heavy (non-hydrogen) atoms. The number of rotatable bonds is 2. The summed E-state index contributed by atoms with van der Waals surface area (Å²) in [5.74, 6) is 0. The topological polar surface area (TPSA) is 55.0 Å². The van der Waals surface area contributed by atoms with Gasteiger partial charge in [-0.2, -0.15) is 0 Å². The number of ether oxygens (including phenoxy) is 1. The summed E-state index contributed by atoms with van der Waals surface area (Å²) in [5, 5.41) is 1.16. The summed E-state index contributed by atoms with van der Waals surface area (Å²) in [6.07, 6.45) is 3.66. The Bertz CT molecular complexity index is 354. The quantitative estimate of drug-likeness (QED) is 0.737. The second kappa shape index (κ2) is 5.75. The van der Waals surface area contributed by atoms with Gasteiger partial charge in [-0.05, 0) is 25.1 Å². The summed E-state index contributed by atoms with van der Waals surface area (Å²) < 4.78 is 4.15. The molecule has 4 heteroatoms. The van der Waals surface area contributed by atoms with Gasteiger partial charge in [0, 0.05) is 17.8 Å². The minimum atomic E-state index is 0.431. The molecule has 0 aliphatic carbocycles. The predicted molar refractivity (Wildman–Crippen MR) is 53.8 cm³/mol. The van der Waals surface area contributed by atoms with Gasteiger partial charge in [0.2, 0.25) is 0 Å². The van der Waals surface area contributed by atoms with Gasteiger partial charge in [-0.3, -0.25) is 4.79 Å². The second-order valence-electron chi connectivity index (χ2n) is 2.47. The van der Waals surface area contributed by atoms with E-state index in [2.05, 4.69) is 14.7 Å². The summed E-state index contributed by atoms with van der Waals surface area (Å²) >= 11 is 0. The van der Waals surface area contributed by atoms with Gasteiger partial charge in [-0.1, -0.05) is 0 Å². The van der Waals surface area contributed by atoms with Crippen molar-refractivity contribution >= 4 is 17.5 Å². The monoisotopic (exact) mass is 192 g/mol. The smallest absolute Gasteiger partial charge is 0.293 e.